The Morgan fingerprint density at radius 1 is 1.37 bits per heavy atom. The number of aromatic nitrogens is 3. The van der Waals surface area contributed by atoms with E-state index in [4.69, 9.17) is 5.11 Å². The monoisotopic (exact) mass is 260 g/mol. The van der Waals surface area contributed by atoms with Crippen LogP contribution in [0.1, 0.15) is 32.2 Å². The summed E-state index contributed by atoms with van der Waals surface area (Å²) in [4.78, 5) is 26.9. The highest BCUT2D eigenvalue weighted by Crippen LogP contribution is 2.17. The Kier molecular flexibility index (Phi) is 3.28. The maximum atomic E-state index is 12.1. The van der Waals surface area contributed by atoms with Crippen LogP contribution in [0.4, 0.5) is 5.69 Å². The molecule has 19 heavy (non-hydrogen) atoms. The van der Waals surface area contributed by atoms with Gasteiger partial charge in [-0.15, -0.1) is 0 Å². The van der Waals surface area contributed by atoms with Gasteiger partial charge in [-0.25, -0.2) is 4.79 Å². The summed E-state index contributed by atoms with van der Waals surface area (Å²) < 4.78 is 0. The van der Waals surface area contributed by atoms with Gasteiger partial charge in [-0.05, 0) is 26.0 Å². The van der Waals surface area contributed by atoms with Gasteiger partial charge in [-0.1, -0.05) is 0 Å². The van der Waals surface area contributed by atoms with Crippen LogP contribution in [0.25, 0.3) is 0 Å². The summed E-state index contributed by atoms with van der Waals surface area (Å²) in [6.45, 7) is 3.49. The summed E-state index contributed by atoms with van der Waals surface area (Å²) in [5.41, 5.74) is 1.58. The average Bonchev–Trinajstić information content (AvgIpc) is 2.70. The number of carbonyl (C=O) groups excluding carboxylic acids is 1. The van der Waals surface area contributed by atoms with Crippen molar-refractivity contribution in [3.8, 4) is 0 Å². The standard InChI is InChI=1S/C12H12N4O3/c1-6-9(7(2)16-15-6)14-11(17)10-8(12(18)19)4-3-5-13-10/h3-5H,1-2H3,(H,14,17)(H,15,16)(H,18,19). The van der Waals surface area contributed by atoms with E-state index >= 15 is 0 Å². The van der Waals surface area contributed by atoms with Crippen molar-refractivity contribution >= 4 is 17.6 Å². The van der Waals surface area contributed by atoms with Crippen molar-refractivity contribution in [2.24, 2.45) is 0 Å². The smallest absolute Gasteiger partial charge is 0.338 e. The van der Waals surface area contributed by atoms with Gasteiger partial charge < -0.3 is 10.4 Å². The molecular formula is C12H12N4O3. The Morgan fingerprint density at radius 2 is 2.11 bits per heavy atom. The number of hydrogen-bond donors (Lipinski definition) is 3. The van der Waals surface area contributed by atoms with E-state index < -0.39 is 11.9 Å². The van der Waals surface area contributed by atoms with Gasteiger partial charge in [-0.3, -0.25) is 14.9 Å². The molecule has 7 nitrogen and oxygen atoms in total. The molecule has 2 aromatic heterocycles. The second-order valence-corrected chi connectivity index (χ2v) is 3.97. The number of pyridine rings is 1. The number of nitrogens with zero attached hydrogens (tertiary/aromatic N) is 2. The third-order valence-electron chi connectivity index (χ3n) is 2.62. The number of amides is 1. The largest absolute Gasteiger partial charge is 0.478 e. The molecule has 0 aliphatic rings. The van der Waals surface area contributed by atoms with E-state index in [1.807, 2.05) is 0 Å². The van der Waals surface area contributed by atoms with E-state index in [1.165, 1.54) is 18.3 Å². The van der Waals surface area contributed by atoms with E-state index in [0.29, 0.717) is 17.1 Å². The molecule has 98 valence electrons. The van der Waals surface area contributed by atoms with Gasteiger partial charge in [0.25, 0.3) is 5.91 Å². The lowest BCUT2D eigenvalue weighted by Gasteiger charge is -2.06. The molecule has 0 aliphatic heterocycles. The van der Waals surface area contributed by atoms with Crippen LogP contribution >= 0.6 is 0 Å². The highest BCUT2D eigenvalue weighted by atomic mass is 16.4. The van der Waals surface area contributed by atoms with E-state index in [0.717, 1.165) is 0 Å². The number of aromatic amines is 1. The van der Waals surface area contributed by atoms with Crippen molar-refractivity contribution in [2.75, 3.05) is 5.32 Å². The van der Waals surface area contributed by atoms with Crippen molar-refractivity contribution in [3.63, 3.8) is 0 Å². The molecule has 2 rings (SSSR count). The summed E-state index contributed by atoms with van der Waals surface area (Å²) in [7, 11) is 0. The fourth-order valence-electron chi connectivity index (χ4n) is 1.67. The molecule has 1 amide bonds. The molecule has 0 radical (unpaired) electrons. The number of rotatable bonds is 3. The van der Waals surface area contributed by atoms with Crippen LogP contribution < -0.4 is 5.32 Å². The number of carbonyl (C=O) groups is 2. The normalized spacial score (nSPS) is 10.2. The molecule has 0 atom stereocenters. The molecule has 7 heteroatoms. The summed E-state index contributed by atoms with van der Waals surface area (Å²) in [5, 5.41) is 18.3. The number of carboxylic acid groups (broad SMARTS) is 1. The number of hydrogen-bond acceptors (Lipinski definition) is 4. The number of carboxylic acids is 1. The van der Waals surface area contributed by atoms with Gasteiger partial charge in [0.2, 0.25) is 0 Å². The van der Waals surface area contributed by atoms with E-state index in [1.54, 1.807) is 13.8 Å². The lowest BCUT2D eigenvalue weighted by Crippen LogP contribution is -2.18. The highest BCUT2D eigenvalue weighted by Gasteiger charge is 2.19. The van der Waals surface area contributed by atoms with Crippen LogP contribution in [0.15, 0.2) is 18.3 Å². The average molecular weight is 260 g/mol. The summed E-state index contributed by atoms with van der Waals surface area (Å²) in [6, 6.07) is 2.80. The molecule has 0 aromatic carbocycles. The second kappa shape index (κ2) is 4.89. The SMILES string of the molecule is Cc1n[nH]c(C)c1NC(=O)c1ncccc1C(=O)O. The lowest BCUT2D eigenvalue weighted by atomic mass is 10.2. The molecule has 3 N–H and O–H groups in total. The zero-order chi connectivity index (χ0) is 14.0. The molecule has 0 saturated carbocycles. The first kappa shape index (κ1) is 12.7. The molecule has 0 spiro atoms. The fraction of sp³-hybridized carbons (Fsp3) is 0.167. The molecule has 2 aromatic rings. The molecule has 0 saturated heterocycles. The van der Waals surface area contributed by atoms with Gasteiger partial charge in [-0.2, -0.15) is 5.10 Å². The van der Waals surface area contributed by atoms with Gasteiger partial charge in [0.05, 0.1) is 22.6 Å². The Balaban J connectivity index is 2.33. The Bertz CT molecular complexity index is 629. The summed E-state index contributed by atoms with van der Waals surface area (Å²) in [6.07, 6.45) is 1.37. The number of H-pyrrole nitrogens is 1. The summed E-state index contributed by atoms with van der Waals surface area (Å²) >= 11 is 0. The predicted octanol–water partition coefficient (Wildman–Crippen LogP) is 1.37. The Hall–Kier alpha value is -2.70. The number of aromatic carboxylic acids is 1. The van der Waals surface area contributed by atoms with Gasteiger partial charge >= 0.3 is 5.97 Å². The van der Waals surface area contributed by atoms with Crippen molar-refractivity contribution in [3.05, 3.63) is 41.0 Å². The minimum Gasteiger partial charge on any atom is -0.478 e. The third-order valence-corrected chi connectivity index (χ3v) is 2.62. The quantitative estimate of drug-likeness (QED) is 0.772. The van der Waals surface area contributed by atoms with Crippen LogP contribution in [0.3, 0.4) is 0 Å². The van der Waals surface area contributed by atoms with Crippen LogP contribution in [0, 0.1) is 13.8 Å². The van der Waals surface area contributed by atoms with Crippen molar-refractivity contribution in [2.45, 2.75) is 13.8 Å². The zero-order valence-electron chi connectivity index (χ0n) is 10.4. The Morgan fingerprint density at radius 3 is 2.68 bits per heavy atom. The fourth-order valence-corrected chi connectivity index (χ4v) is 1.67. The number of aryl methyl sites for hydroxylation is 2. The maximum absolute atomic E-state index is 12.1. The van der Waals surface area contributed by atoms with Crippen molar-refractivity contribution in [1.82, 2.24) is 15.2 Å². The Labute approximate surface area is 108 Å². The van der Waals surface area contributed by atoms with E-state index in [9.17, 15) is 9.59 Å². The first-order valence-corrected chi connectivity index (χ1v) is 5.52. The predicted molar refractivity (Wildman–Crippen MR) is 67.2 cm³/mol. The lowest BCUT2D eigenvalue weighted by molar-refractivity contribution is 0.0691. The topological polar surface area (TPSA) is 108 Å². The summed E-state index contributed by atoms with van der Waals surface area (Å²) in [5.74, 6) is -1.77. The third kappa shape index (κ3) is 2.44. The molecule has 0 unspecified atom stereocenters. The van der Waals surface area contributed by atoms with E-state index in [-0.39, 0.29) is 11.3 Å². The first-order chi connectivity index (χ1) is 9.00. The van der Waals surface area contributed by atoms with Crippen LogP contribution in [-0.4, -0.2) is 32.2 Å². The van der Waals surface area contributed by atoms with Crippen molar-refractivity contribution in [1.29, 1.82) is 0 Å². The second-order valence-electron chi connectivity index (χ2n) is 3.97. The van der Waals surface area contributed by atoms with Crippen LogP contribution in [0.2, 0.25) is 0 Å². The highest BCUT2D eigenvalue weighted by molar-refractivity contribution is 6.09. The van der Waals surface area contributed by atoms with Gasteiger partial charge in [0.1, 0.15) is 5.69 Å². The number of anilines is 1. The van der Waals surface area contributed by atoms with Crippen LogP contribution in [-0.2, 0) is 0 Å². The van der Waals surface area contributed by atoms with Crippen molar-refractivity contribution < 1.29 is 14.7 Å². The minimum absolute atomic E-state index is 0.130. The van der Waals surface area contributed by atoms with Gasteiger partial charge in [0.15, 0.2) is 0 Å². The maximum Gasteiger partial charge on any atom is 0.338 e. The van der Waals surface area contributed by atoms with E-state index in [2.05, 4.69) is 20.5 Å². The molecule has 0 fully saturated rings. The molecule has 2 heterocycles. The molecule has 0 bridgehead atoms. The van der Waals surface area contributed by atoms with Gasteiger partial charge in [0, 0.05) is 6.20 Å². The molecular weight excluding hydrogens is 248 g/mol. The zero-order valence-corrected chi connectivity index (χ0v) is 10.4. The van der Waals surface area contributed by atoms with Crippen LogP contribution in [0.5, 0.6) is 0 Å². The number of nitrogens with one attached hydrogen (secondary N) is 2. The minimum atomic E-state index is -1.20. The first-order valence-electron chi connectivity index (χ1n) is 5.52. The molecule has 0 aliphatic carbocycles.